The summed E-state index contributed by atoms with van der Waals surface area (Å²) in [7, 11) is 0. The van der Waals surface area contributed by atoms with Gasteiger partial charge in [-0.15, -0.1) is 0 Å². The second-order valence-electron chi connectivity index (χ2n) is 3.14. The van der Waals surface area contributed by atoms with Gasteiger partial charge in [-0.3, -0.25) is 4.79 Å². The van der Waals surface area contributed by atoms with Crippen LogP contribution in [0.2, 0.25) is 0 Å². The first-order valence-electron chi connectivity index (χ1n) is 4.16. The molecule has 0 bridgehead atoms. The molecular formula is C10H11NO. The minimum Gasteiger partial charge on any atom is -0.355 e. The number of amides is 1. The molecule has 1 saturated carbocycles. The van der Waals surface area contributed by atoms with Crippen LogP contribution in [0, 0.1) is 0 Å². The molecule has 0 heterocycles. The van der Waals surface area contributed by atoms with Gasteiger partial charge in [0.25, 0.3) is 0 Å². The molecular weight excluding hydrogens is 150 g/mol. The molecule has 1 fully saturated rings. The first-order chi connectivity index (χ1) is 5.92. The molecule has 2 atom stereocenters. The van der Waals surface area contributed by atoms with Crippen LogP contribution in [0.3, 0.4) is 0 Å². The molecule has 1 aliphatic carbocycles. The minimum atomic E-state index is 0.380. The lowest BCUT2D eigenvalue weighted by molar-refractivity contribution is -0.109. The lowest BCUT2D eigenvalue weighted by Gasteiger charge is -1.97. The minimum absolute atomic E-state index is 0.380. The molecule has 1 N–H and O–H groups in total. The quantitative estimate of drug-likeness (QED) is 0.665. The lowest BCUT2D eigenvalue weighted by Crippen LogP contribution is -2.14. The largest absolute Gasteiger partial charge is 0.355 e. The molecule has 2 rings (SSSR count). The van der Waals surface area contributed by atoms with E-state index in [-0.39, 0.29) is 0 Å². The van der Waals surface area contributed by atoms with Crippen LogP contribution in [0.15, 0.2) is 30.3 Å². The highest BCUT2D eigenvalue weighted by Crippen LogP contribution is 2.40. The van der Waals surface area contributed by atoms with Crippen LogP contribution in [-0.4, -0.2) is 12.5 Å². The van der Waals surface area contributed by atoms with Crippen molar-refractivity contribution in [2.45, 2.75) is 18.4 Å². The molecule has 2 nitrogen and oxygen atoms in total. The molecule has 1 amide bonds. The van der Waals surface area contributed by atoms with Crippen molar-refractivity contribution in [2.24, 2.45) is 0 Å². The van der Waals surface area contributed by atoms with Gasteiger partial charge in [-0.25, -0.2) is 0 Å². The third-order valence-corrected chi connectivity index (χ3v) is 2.30. The van der Waals surface area contributed by atoms with E-state index >= 15 is 0 Å². The van der Waals surface area contributed by atoms with Gasteiger partial charge in [0.15, 0.2) is 0 Å². The molecule has 0 radical (unpaired) electrons. The van der Waals surface area contributed by atoms with Crippen LogP contribution >= 0.6 is 0 Å². The van der Waals surface area contributed by atoms with E-state index in [0.29, 0.717) is 12.0 Å². The summed E-state index contributed by atoms with van der Waals surface area (Å²) in [5.74, 6) is 0.552. The van der Waals surface area contributed by atoms with Crippen molar-refractivity contribution in [2.75, 3.05) is 0 Å². The van der Waals surface area contributed by atoms with Crippen molar-refractivity contribution in [1.29, 1.82) is 0 Å². The monoisotopic (exact) mass is 161 g/mol. The van der Waals surface area contributed by atoms with Crippen molar-refractivity contribution in [1.82, 2.24) is 5.32 Å². The predicted octanol–water partition coefficient (Wildman–Crippen LogP) is 1.29. The number of hydrogen-bond donors (Lipinski definition) is 1. The fourth-order valence-electron chi connectivity index (χ4n) is 1.54. The van der Waals surface area contributed by atoms with Gasteiger partial charge in [0.2, 0.25) is 6.41 Å². The van der Waals surface area contributed by atoms with E-state index in [2.05, 4.69) is 17.4 Å². The fraction of sp³-hybridized carbons (Fsp3) is 0.300. The van der Waals surface area contributed by atoms with Gasteiger partial charge in [0, 0.05) is 12.0 Å². The number of nitrogens with one attached hydrogen (secondary N) is 1. The highest BCUT2D eigenvalue weighted by molar-refractivity contribution is 5.49. The Morgan fingerprint density at radius 3 is 2.75 bits per heavy atom. The summed E-state index contributed by atoms with van der Waals surface area (Å²) in [5, 5.41) is 2.79. The Morgan fingerprint density at radius 2 is 2.08 bits per heavy atom. The van der Waals surface area contributed by atoms with E-state index in [4.69, 9.17) is 0 Å². The average Bonchev–Trinajstić information content (AvgIpc) is 2.87. The maximum Gasteiger partial charge on any atom is 0.207 e. The molecule has 0 spiro atoms. The van der Waals surface area contributed by atoms with E-state index in [1.54, 1.807) is 0 Å². The van der Waals surface area contributed by atoms with E-state index in [1.807, 2.05) is 18.2 Å². The van der Waals surface area contributed by atoms with Crippen molar-refractivity contribution in [3.63, 3.8) is 0 Å². The normalized spacial score (nSPS) is 26.3. The molecule has 0 saturated heterocycles. The number of benzene rings is 1. The first-order valence-corrected chi connectivity index (χ1v) is 4.16. The van der Waals surface area contributed by atoms with Gasteiger partial charge in [0.05, 0.1) is 0 Å². The third-order valence-electron chi connectivity index (χ3n) is 2.30. The van der Waals surface area contributed by atoms with Gasteiger partial charge in [-0.2, -0.15) is 0 Å². The van der Waals surface area contributed by atoms with E-state index in [1.165, 1.54) is 5.56 Å². The lowest BCUT2D eigenvalue weighted by atomic mass is 10.1. The standard InChI is InChI=1S/C10H11NO/c12-7-11-10-6-9(10)8-4-2-1-3-5-8/h1-5,7,9-10H,6H2,(H,11,12)/t9?,10-/m0/s1. The number of carbonyl (C=O) groups excluding carboxylic acids is 1. The van der Waals surface area contributed by atoms with Crippen LogP contribution < -0.4 is 5.32 Å². The number of carbonyl (C=O) groups is 1. The zero-order chi connectivity index (χ0) is 8.39. The van der Waals surface area contributed by atoms with Gasteiger partial charge >= 0.3 is 0 Å². The molecule has 0 aromatic heterocycles. The second kappa shape index (κ2) is 2.97. The van der Waals surface area contributed by atoms with Crippen LogP contribution in [0.25, 0.3) is 0 Å². The summed E-state index contributed by atoms with van der Waals surface area (Å²) in [6, 6.07) is 10.7. The molecule has 1 aromatic rings. The highest BCUT2D eigenvalue weighted by atomic mass is 16.1. The number of hydrogen-bond acceptors (Lipinski definition) is 1. The summed E-state index contributed by atoms with van der Waals surface area (Å²) in [6.45, 7) is 0. The number of rotatable bonds is 3. The van der Waals surface area contributed by atoms with Crippen molar-refractivity contribution >= 4 is 6.41 Å². The Kier molecular flexibility index (Phi) is 1.82. The van der Waals surface area contributed by atoms with Crippen LogP contribution in [0.1, 0.15) is 17.9 Å². The zero-order valence-corrected chi connectivity index (χ0v) is 6.73. The topological polar surface area (TPSA) is 29.1 Å². The molecule has 12 heavy (non-hydrogen) atoms. The van der Waals surface area contributed by atoms with Crippen molar-refractivity contribution in [3.05, 3.63) is 35.9 Å². The van der Waals surface area contributed by atoms with Crippen LogP contribution in [0.5, 0.6) is 0 Å². The summed E-state index contributed by atoms with van der Waals surface area (Å²) in [6.07, 6.45) is 1.87. The predicted molar refractivity (Wildman–Crippen MR) is 46.8 cm³/mol. The maximum absolute atomic E-state index is 10.1. The fourth-order valence-corrected chi connectivity index (χ4v) is 1.54. The zero-order valence-electron chi connectivity index (χ0n) is 6.73. The Balaban J connectivity index is 2.01. The van der Waals surface area contributed by atoms with E-state index in [9.17, 15) is 4.79 Å². The second-order valence-corrected chi connectivity index (χ2v) is 3.14. The SMILES string of the molecule is O=CN[C@H]1CC1c1ccccc1. The molecule has 2 heteroatoms. The molecule has 62 valence electrons. The first kappa shape index (κ1) is 7.35. The molecule has 1 unspecified atom stereocenters. The third kappa shape index (κ3) is 1.33. The Morgan fingerprint density at radius 1 is 1.33 bits per heavy atom. The Labute approximate surface area is 71.6 Å². The average molecular weight is 161 g/mol. The summed E-state index contributed by atoms with van der Waals surface area (Å²) in [5.41, 5.74) is 1.33. The smallest absolute Gasteiger partial charge is 0.207 e. The van der Waals surface area contributed by atoms with E-state index < -0.39 is 0 Å². The summed E-state index contributed by atoms with van der Waals surface area (Å²) in [4.78, 5) is 10.1. The molecule has 0 aliphatic heterocycles. The van der Waals surface area contributed by atoms with Crippen molar-refractivity contribution < 1.29 is 4.79 Å². The molecule has 1 aromatic carbocycles. The van der Waals surface area contributed by atoms with Gasteiger partial charge < -0.3 is 5.32 Å². The van der Waals surface area contributed by atoms with Gasteiger partial charge in [-0.1, -0.05) is 30.3 Å². The van der Waals surface area contributed by atoms with Gasteiger partial charge in [0.1, 0.15) is 0 Å². The maximum atomic E-state index is 10.1. The molecule has 1 aliphatic rings. The highest BCUT2D eigenvalue weighted by Gasteiger charge is 2.37. The van der Waals surface area contributed by atoms with Crippen molar-refractivity contribution in [3.8, 4) is 0 Å². The van der Waals surface area contributed by atoms with Gasteiger partial charge in [-0.05, 0) is 12.0 Å². The van der Waals surface area contributed by atoms with Crippen LogP contribution in [-0.2, 0) is 4.79 Å². The van der Waals surface area contributed by atoms with Crippen LogP contribution in [0.4, 0.5) is 0 Å². The van der Waals surface area contributed by atoms with E-state index in [0.717, 1.165) is 12.8 Å². The Bertz CT molecular complexity index is 270. The summed E-state index contributed by atoms with van der Waals surface area (Å²) >= 11 is 0. The summed E-state index contributed by atoms with van der Waals surface area (Å²) < 4.78 is 0. The Hall–Kier alpha value is -1.31.